The third-order valence-corrected chi connectivity index (χ3v) is 3.86. The van der Waals surface area contributed by atoms with E-state index in [-0.39, 0.29) is 0 Å². The van der Waals surface area contributed by atoms with Gasteiger partial charge in [0.15, 0.2) is 0 Å². The van der Waals surface area contributed by atoms with Crippen molar-refractivity contribution in [3.63, 3.8) is 0 Å². The first-order valence-corrected chi connectivity index (χ1v) is 7.78. The van der Waals surface area contributed by atoms with Gasteiger partial charge in [-0.25, -0.2) is 0 Å². The normalized spacial score (nSPS) is 14.2. The fourth-order valence-corrected chi connectivity index (χ4v) is 2.53. The van der Waals surface area contributed by atoms with E-state index in [9.17, 15) is 0 Å². The first-order valence-electron chi connectivity index (χ1n) is 6.99. The summed E-state index contributed by atoms with van der Waals surface area (Å²) in [6, 6.07) is 17.3. The number of rotatable bonds is 6. The fourth-order valence-electron chi connectivity index (χ4n) is 2.09. The molecule has 0 radical (unpaired) electrons. The highest BCUT2D eigenvalue weighted by Gasteiger charge is 2.19. The Balaban J connectivity index is 1.57. The van der Waals surface area contributed by atoms with Crippen molar-refractivity contribution in [2.45, 2.75) is 32.0 Å². The lowest BCUT2D eigenvalue weighted by Gasteiger charge is -2.09. The molecule has 0 unspecified atom stereocenters. The predicted molar refractivity (Wildman–Crippen MR) is 84.8 cm³/mol. The number of benzene rings is 2. The molecule has 2 aromatic rings. The van der Waals surface area contributed by atoms with Crippen molar-refractivity contribution >= 4 is 15.9 Å². The summed E-state index contributed by atoms with van der Waals surface area (Å²) in [5, 5.41) is 3.52. The van der Waals surface area contributed by atoms with Crippen LogP contribution in [0.15, 0.2) is 53.0 Å². The molecule has 0 heterocycles. The molecule has 1 fully saturated rings. The molecule has 0 atom stereocenters. The molecule has 3 rings (SSSR count). The fraction of sp³-hybridized carbons (Fsp3) is 0.294. The monoisotopic (exact) mass is 331 g/mol. The maximum atomic E-state index is 5.86. The zero-order valence-corrected chi connectivity index (χ0v) is 12.9. The summed E-state index contributed by atoms with van der Waals surface area (Å²) < 4.78 is 6.95. The predicted octanol–water partition coefficient (Wildman–Crippen LogP) is 4.28. The molecule has 0 saturated heterocycles. The average Bonchev–Trinajstić information content (AvgIpc) is 3.28. The standard InChI is InChI=1S/C17H18BrNO/c18-15-5-1-4-14(9-15)12-20-17-6-2-3-13(10-17)11-19-16-7-8-16/h1-6,9-10,16,19H,7-8,11-12H2. The van der Waals surface area contributed by atoms with E-state index in [0.29, 0.717) is 6.61 Å². The van der Waals surface area contributed by atoms with Gasteiger partial charge in [0.05, 0.1) is 0 Å². The highest BCUT2D eigenvalue weighted by atomic mass is 79.9. The first-order chi connectivity index (χ1) is 9.79. The second kappa shape index (κ2) is 6.42. The van der Waals surface area contributed by atoms with Crippen LogP contribution in [-0.2, 0) is 13.2 Å². The van der Waals surface area contributed by atoms with Gasteiger partial charge in [-0.2, -0.15) is 0 Å². The largest absolute Gasteiger partial charge is 0.489 e. The van der Waals surface area contributed by atoms with Crippen LogP contribution in [0.25, 0.3) is 0 Å². The Bertz CT molecular complexity index is 581. The van der Waals surface area contributed by atoms with Crippen LogP contribution >= 0.6 is 15.9 Å². The van der Waals surface area contributed by atoms with Gasteiger partial charge in [-0.3, -0.25) is 0 Å². The topological polar surface area (TPSA) is 21.3 Å². The Labute approximate surface area is 128 Å². The van der Waals surface area contributed by atoms with E-state index >= 15 is 0 Å². The summed E-state index contributed by atoms with van der Waals surface area (Å²) in [7, 11) is 0. The number of nitrogens with one attached hydrogen (secondary N) is 1. The Morgan fingerprint density at radius 2 is 1.85 bits per heavy atom. The van der Waals surface area contributed by atoms with E-state index in [0.717, 1.165) is 22.8 Å². The van der Waals surface area contributed by atoms with Crippen LogP contribution < -0.4 is 10.1 Å². The molecular weight excluding hydrogens is 314 g/mol. The summed E-state index contributed by atoms with van der Waals surface area (Å²) in [5.41, 5.74) is 2.45. The van der Waals surface area contributed by atoms with E-state index in [1.807, 2.05) is 18.2 Å². The van der Waals surface area contributed by atoms with Crippen LogP contribution in [0, 0.1) is 0 Å². The number of hydrogen-bond acceptors (Lipinski definition) is 2. The molecule has 1 saturated carbocycles. The summed E-state index contributed by atoms with van der Waals surface area (Å²) in [6.07, 6.45) is 2.64. The minimum Gasteiger partial charge on any atom is -0.489 e. The maximum absolute atomic E-state index is 5.86. The smallest absolute Gasteiger partial charge is 0.120 e. The van der Waals surface area contributed by atoms with Gasteiger partial charge in [0.25, 0.3) is 0 Å². The summed E-state index contributed by atoms with van der Waals surface area (Å²) in [4.78, 5) is 0. The van der Waals surface area contributed by atoms with Gasteiger partial charge < -0.3 is 10.1 Å². The van der Waals surface area contributed by atoms with Crippen molar-refractivity contribution in [2.24, 2.45) is 0 Å². The Morgan fingerprint density at radius 1 is 1.05 bits per heavy atom. The van der Waals surface area contributed by atoms with Crippen LogP contribution in [0.4, 0.5) is 0 Å². The molecular formula is C17H18BrNO. The van der Waals surface area contributed by atoms with Gasteiger partial charge in [0, 0.05) is 17.1 Å². The second-order valence-corrected chi connectivity index (χ2v) is 6.14. The van der Waals surface area contributed by atoms with Crippen molar-refractivity contribution in [1.82, 2.24) is 5.32 Å². The van der Waals surface area contributed by atoms with E-state index in [1.165, 1.54) is 24.0 Å². The van der Waals surface area contributed by atoms with Crippen molar-refractivity contribution in [2.75, 3.05) is 0 Å². The van der Waals surface area contributed by atoms with Crippen molar-refractivity contribution in [3.8, 4) is 5.75 Å². The zero-order chi connectivity index (χ0) is 13.8. The van der Waals surface area contributed by atoms with Crippen molar-refractivity contribution < 1.29 is 4.74 Å². The van der Waals surface area contributed by atoms with Gasteiger partial charge >= 0.3 is 0 Å². The summed E-state index contributed by atoms with van der Waals surface area (Å²) >= 11 is 3.48. The van der Waals surface area contributed by atoms with Crippen LogP contribution in [0.5, 0.6) is 5.75 Å². The van der Waals surface area contributed by atoms with Crippen LogP contribution in [0.3, 0.4) is 0 Å². The van der Waals surface area contributed by atoms with Crippen LogP contribution in [0.1, 0.15) is 24.0 Å². The molecule has 20 heavy (non-hydrogen) atoms. The minimum atomic E-state index is 0.596. The quantitative estimate of drug-likeness (QED) is 0.852. The molecule has 2 aromatic carbocycles. The first kappa shape index (κ1) is 13.7. The van der Waals surface area contributed by atoms with Crippen molar-refractivity contribution in [1.29, 1.82) is 0 Å². The molecule has 1 aliphatic carbocycles. The highest BCUT2D eigenvalue weighted by molar-refractivity contribution is 9.10. The van der Waals surface area contributed by atoms with Crippen molar-refractivity contribution in [3.05, 3.63) is 64.1 Å². The zero-order valence-electron chi connectivity index (χ0n) is 11.3. The molecule has 0 amide bonds. The number of hydrogen-bond donors (Lipinski definition) is 1. The van der Waals surface area contributed by atoms with E-state index in [1.54, 1.807) is 0 Å². The molecule has 0 bridgehead atoms. The molecule has 0 spiro atoms. The molecule has 3 heteroatoms. The summed E-state index contributed by atoms with van der Waals surface area (Å²) in [6.45, 7) is 1.53. The lowest BCUT2D eigenvalue weighted by Crippen LogP contribution is -2.15. The minimum absolute atomic E-state index is 0.596. The SMILES string of the molecule is Brc1cccc(COc2cccc(CNC3CC3)c2)c1. The van der Waals surface area contributed by atoms with Gasteiger partial charge in [-0.05, 0) is 48.2 Å². The van der Waals surface area contributed by atoms with E-state index in [4.69, 9.17) is 4.74 Å². The lowest BCUT2D eigenvalue weighted by atomic mass is 10.2. The third-order valence-electron chi connectivity index (χ3n) is 3.37. The molecule has 1 N–H and O–H groups in total. The maximum Gasteiger partial charge on any atom is 0.120 e. The molecule has 2 nitrogen and oxygen atoms in total. The molecule has 104 valence electrons. The highest BCUT2D eigenvalue weighted by Crippen LogP contribution is 2.21. The van der Waals surface area contributed by atoms with Gasteiger partial charge in [-0.1, -0.05) is 40.2 Å². The Hall–Kier alpha value is -1.32. The average molecular weight is 332 g/mol. The number of ether oxygens (including phenoxy) is 1. The second-order valence-electron chi connectivity index (χ2n) is 5.22. The third kappa shape index (κ3) is 4.09. The van der Waals surface area contributed by atoms with Gasteiger partial charge in [0.2, 0.25) is 0 Å². The van der Waals surface area contributed by atoms with Gasteiger partial charge in [0.1, 0.15) is 12.4 Å². The molecule has 0 aliphatic heterocycles. The van der Waals surface area contributed by atoms with E-state index in [2.05, 4.69) is 51.6 Å². The molecule has 1 aliphatic rings. The summed E-state index contributed by atoms with van der Waals surface area (Å²) in [5.74, 6) is 0.931. The Kier molecular flexibility index (Phi) is 4.38. The Morgan fingerprint density at radius 3 is 2.65 bits per heavy atom. The van der Waals surface area contributed by atoms with E-state index < -0.39 is 0 Å². The number of halogens is 1. The molecule has 0 aromatic heterocycles. The van der Waals surface area contributed by atoms with Crippen LogP contribution in [0.2, 0.25) is 0 Å². The van der Waals surface area contributed by atoms with Crippen LogP contribution in [-0.4, -0.2) is 6.04 Å². The lowest BCUT2D eigenvalue weighted by molar-refractivity contribution is 0.306. The van der Waals surface area contributed by atoms with Gasteiger partial charge in [-0.15, -0.1) is 0 Å².